The Morgan fingerprint density at radius 3 is 2.49 bits per heavy atom. The summed E-state index contributed by atoms with van der Waals surface area (Å²) in [5.74, 6) is 1.57. The minimum atomic E-state index is -3.89. The van der Waals surface area contributed by atoms with E-state index in [1.807, 2.05) is 37.3 Å². The Kier molecular flexibility index (Phi) is 6.51. The molecule has 3 heterocycles. The number of anilines is 1. The lowest BCUT2D eigenvalue weighted by Crippen LogP contribution is -2.15. The van der Waals surface area contributed by atoms with E-state index in [1.54, 1.807) is 42.9 Å². The summed E-state index contributed by atoms with van der Waals surface area (Å²) in [4.78, 5) is 9.44. The van der Waals surface area contributed by atoms with Gasteiger partial charge < -0.3 is 4.52 Å². The van der Waals surface area contributed by atoms with Crippen LogP contribution in [0, 0.1) is 20.8 Å². The number of hydrogen-bond acceptors (Lipinski definition) is 7. The second kappa shape index (κ2) is 9.78. The number of benzene rings is 2. The van der Waals surface area contributed by atoms with Gasteiger partial charge >= 0.3 is 0 Å². The third-order valence-corrected chi connectivity index (χ3v) is 7.86. The number of fused-ring (bicyclic) bond motifs is 1. The lowest BCUT2D eigenvalue weighted by Gasteiger charge is -2.13. The van der Waals surface area contributed by atoms with Crippen LogP contribution < -0.4 is 4.72 Å². The van der Waals surface area contributed by atoms with E-state index in [4.69, 9.17) is 9.51 Å². The summed E-state index contributed by atoms with van der Waals surface area (Å²) in [5.41, 5.74) is 6.03. The number of hydrogen-bond donors (Lipinski definition) is 1. The first-order chi connectivity index (χ1) is 17.8. The lowest BCUT2D eigenvalue weighted by atomic mass is 9.99. The molecule has 190 valence electrons. The SMILES string of the molecule is CCCc1nc(C)n2ncnc2c1Cc1ccc(-c2ccccc2S(=O)(=O)Nc2noc(C)c2C)cc1. The Morgan fingerprint density at radius 2 is 1.78 bits per heavy atom. The summed E-state index contributed by atoms with van der Waals surface area (Å²) in [6.07, 6.45) is 4.05. The molecule has 5 aromatic rings. The van der Waals surface area contributed by atoms with Crippen molar-refractivity contribution in [2.24, 2.45) is 0 Å². The van der Waals surface area contributed by atoms with Gasteiger partial charge in [-0.05, 0) is 44.4 Å². The van der Waals surface area contributed by atoms with E-state index in [9.17, 15) is 8.42 Å². The first-order valence-corrected chi connectivity index (χ1v) is 13.6. The Labute approximate surface area is 215 Å². The molecule has 0 bridgehead atoms. The average Bonchev–Trinajstić information content (AvgIpc) is 3.50. The maximum Gasteiger partial charge on any atom is 0.263 e. The van der Waals surface area contributed by atoms with Gasteiger partial charge in [-0.2, -0.15) is 9.61 Å². The van der Waals surface area contributed by atoms with Gasteiger partial charge in [0.05, 0.1) is 4.90 Å². The van der Waals surface area contributed by atoms with E-state index >= 15 is 0 Å². The first kappa shape index (κ1) is 24.6. The summed E-state index contributed by atoms with van der Waals surface area (Å²) in [6.45, 7) is 7.57. The molecule has 5 rings (SSSR count). The quantitative estimate of drug-likeness (QED) is 0.307. The van der Waals surface area contributed by atoms with Crippen LogP contribution >= 0.6 is 0 Å². The second-order valence-corrected chi connectivity index (χ2v) is 10.7. The number of rotatable bonds is 8. The highest BCUT2D eigenvalue weighted by Crippen LogP contribution is 2.30. The largest absolute Gasteiger partial charge is 0.359 e. The monoisotopic (exact) mass is 516 g/mol. The topological polar surface area (TPSA) is 115 Å². The molecular formula is C27H28N6O3S. The average molecular weight is 517 g/mol. The summed E-state index contributed by atoms with van der Waals surface area (Å²) < 4.78 is 36.0. The van der Waals surface area contributed by atoms with Crippen LogP contribution in [0.1, 0.15) is 47.3 Å². The van der Waals surface area contributed by atoms with E-state index in [1.165, 1.54) is 0 Å². The van der Waals surface area contributed by atoms with E-state index in [-0.39, 0.29) is 10.7 Å². The van der Waals surface area contributed by atoms with E-state index < -0.39 is 10.0 Å². The molecule has 2 aromatic carbocycles. The highest BCUT2D eigenvalue weighted by molar-refractivity contribution is 7.92. The van der Waals surface area contributed by atoms with Crippen LogP contribution in [0.3, 0.4) is 0 Å². The molecule has 0 aliphatic rings. The minimum absolute atomic E-state index is 0.168. The normalized spacial score (nSPS) is 11.8. The Bertz CT molecular complexity index is 1690. The molecule has 0 saturated carbocycles. The number of nitrogens with one attached hydrogen (secondary N) is 1. The van der Waals surface area contributed by atoms with Gasteiger partial charge in [0.2, 0.25) is 0 Å². The zero-order valence-corrected chi connectivity index (χ0v) is 22.0. The number of sulfonamides is 1. The molecule has 37 heavy (non-hydrogen) atoms. The number of aromatic nitrogens is 5. The third kappa shape index (κ3) is 4.72. The Hall–Kier alpha value is -4.05. The molecule has 0 fully saturated rings. The first-order valence-electron chi connectivity index (χ1n) is 12.1. The van der Waals surface area contributed by atoms with E-state index in [0.29, 0.717) is 23.3 Å². The summed E-state index contributed by atoms with van der Waals surface area (Å²) in [7, 11) is -3.89. The maximum absolute atomic E-state index is 13.3. The smallest absolute Gasteiger partial charge is 0.263 e. The molecule has 0 spiro atoms. The summed E-state index contributed by atoms with van der Waals surface area (Å²) >= 11 is 0. The molecule has 0 atom stereocenters. The van der Waals surface area contributed by atoms with Crippen LogP contribution in [0.2, 0.25) is 0 Å². The van der Waals surface area contributed by atoms with Crippen LogP contribution in [-0.2, 0) is 22.9 Å². The highest BCUT2D eigenvalue weighted by Gasteiger charge is 2.22. The van der Waals surface area contributed by atoms with Crippen molar-refractivity contribution in [2.75, 3.05) is 4.72 Å². The predicted octanol–water partition coefficient (Wildman–Crippen LogP) is 5.05. The van der Waals surface area contributed by atoms with Gasteiger partial charge in [0.15, 0.2) is 11.5 Å². The van der Waals surface area contributed by atoms with Gasteiger partial charge in [-0.25, -0.2) is 18.4 Å². The molecule has 1 N–H and O–H groups in total. The molecule has 9 nitrogen and oxygen atoms in total. The maximum atomic E-state index is 13.3. The van der Waals surface area contributed by atoms with Gasteiger partial charge in [-0.1, -0.05) is 61.0 Å². The molecule has 0 radical (unpaired) electrons. The fourth-order valence-corrected chi connectivity index (χ4v) is 5.68. The van der Waals surface area contributed by atoms with E-state index in [2.05, 4.69) is 26.9 Å². The van der Waals surface area contributed by atoms with Crippen molar-refractivity contribution in [3.8, 4) is 11.1 Å². The van der Waals surface area contributed by atoms with Crippen LogP contribution in [0.25, 0.3) is 16.8 Å². The number of nitrogens with zero attached hydrogens (tertiary/aromatic N) is 5. The van der Waals surface area contributed by atoms with Crippen molar-refractivity contribution < 1.29 is 12.9 Å². The van der Waals surface area contributed by atoms with Crippen molar-refractivity contribution in [3.05, 3.63) is 88.8 Å². The molecular weight excluding hydrogens is 488 g/mol. The van der Waals surface area contributed by atoms with Crippen LogP contribution in [0.15, 0.2) is 64.3 Å². The van der Waals surface area contributed by atoms with Gasteiger partial charge in [0.1, 0.15) is 17.9 Å². The third-order valence-electron chi connectivity index (χ3n) is 6.47. The zero-order chi connectivity index (χ0) is 26.2. The predicted molar refractivity (Wildman–Crippen MR) is 141 cm³/mol. The molecule has 0 saturated heterocycles. The zero-order valence-electron chi connectivity index (χ0n) is 21.2. The summed E-state index contributed by atoms with van der Waals surface area (Å²) in [6, 6.07) is 14.8. The summed E-state index contributed by atoms with van der Waals surface area (Å²) in [5, 5.41) is 8.16. The van der Waals surface area contributed by atoms with E-state index in [0.717, 1.165) is 46.7 Å². The second-order valence-electron chi connectivity index (χ2n) is 9.02. The fourth-order valence-electron chi connectivity index (χ4n) is 4.39. The minimum Gasteiger partial charge on any atom is -0.359 e. The Balaban J connectivity index is 1.47. The van der Waals surface area contributed by atoms with Crippen LogP contribution in [0.5, 0.6) is 0 Å². The molecule has 0 amide bonds. The van der Waals surface area contributed by atoms with Gasteiger partial charge in [-0.15, -0.1) is 0 Å². The molecule has 3 aromatic heterocycles. The van der Waals surface area contributed by atoms with Crippen LogP contribution in [0.4, 0.5) is 5.82 Å². The van der Waals surface area contributed by atoms with Crippen molar-refractivity contribution in [1.82, 2.24) is 24.7 Å². The van der Waals surface area contributed by atoms with Gasteiger partial charge in [0.25, 0.3) is 10.0 Å². The molecule has 0 unspecified atom stereocenters. The molecule has 0 aliphatic heterocycles. The van der Waals surface area contributed by atoms with Gasteiger partial charge in [-0.3, -0.25) is 4.72 Å². The van der Waals surface area contributed by atoms with Crippen molar-refractivity contribution >= 4 is 21.5 Å². The molecule has 0 aliphatic carbocycles. The van der Waals surface area contributed by atoms with Gasteiger partial charge in [0, 0.05) is 28.8 Å². The molecule has 10 heteroatoms. The van der Waals surface area contributed by atoms with Crippen molar-refractivity contribution in [3.63, 3.8) is 0 Å². The number of aryl methyl sites for hydroxylation is 3. The Morgan fingerprint density at radius 1 is 1.03 bits per heavy atom. The van der Waals surface area contributed by atoms with Crippen molar-refractivity contribution in [1.29, 1.82) is 0 Å². The lowest BCUT2D eigenvalue weighted by molar-refractivity contribution is 0.399. The standard InChI is InChI=1S/C27H28N6O3S/c1-5-8-24-23(27-28-16-29-33(27)19(4)30-24)15-20-11-13-21(14-12-20)22-9-6-7-10-25(22)37(34,35)32-26-17(2)18(3)36-31-26/h6-7,9-14,16H,5,8,15H2,1-4H3,(H,31,32). The van der Waals surface area contributed by atoms with Crippen molar-refractivity contribution in [2.45, 2.75) is 51.9 Å². The van der Waals surface area contributed by atoms with Crippen LogP contribution in [-0.4, -0.2) is 33.2 Å². The fraction of sp³-hybridized carbons (Fsp3) is 0.259. The highest BCUT2D eigenvalue weighted by atomic mass is 32.2.